The summed E-state index contributed by atoms with van der Waals surface area (Å²) in [5.74, 6) is 10.0. The second-order valence-electron chi connectivity index (χ2n) is 10.6. The van der Waals surface area contributed by atoms with Gasteiger partial charge in [0, 0.05) is 5.92 Å². The highest BCUT2D eigenvalue weighted by molar-refractivity contribution is 5.91. The van der Waals surface area contributed by atoms with Crippen LogP contribution in [0.3, 0.4) is 0 Å². The van der Waals surface area contributed by atoms with Crippen molar-refractivity contribution in [2.24, 2.45) is 52.1 Å². The molecule has 0 saturated heterocycles. The Morgan fingerprint density at radius 2 is 1.73 bits per heavy atom. The van der Waals surface area contributed by atoms with E-state index < -0.39 is 5.91 Å². The van der Waals surface area contributed by atoms with E-state index in [1.807, 2.05) is 0 Å². The highest BCUT2D eigenvalue weighted by atomic mass is 16.1. The zero-order valence-electron chi connectivity index (χ0n) is 17.0. The van der Waals surface area contributed by atoms with Gasteiger partial charge >= 0.3 is 0 Å². The van der Waals surface area contributed by atoms with Gasteiger partial charge in [-0.05, 0) is 97.7 Å². The van der Waals surface area contributed by atoms with Crippen LogP contribution in [0.4, 0.5) is 0 Å². The normalized spacial score (nSPS) is 48.3. The molecule has 2 nitrogen and oxygen atoms in total. The molecule has 4 rings (SSSR count). The molecule has 0 radical (unpaired) electrons. The Bertz CT molecular complexity index is 630. The van der Waals surface area contributed by atoms with Crippen molar-refractivity contribution < 1.29 is 4.79 Å². The molecular formula is C24H37NO. The van der Waals surface area contributed by atoms with E-state index in [9.17, 15) is 4.79 Å². The Labute approximate surface area is 160 Å². The van der Waals surface area contributed by atoms with E-state index in [2.05, 4.69) is 32.6 Å². The number of hydrogen-bond donors (Lipinski definition) is 1. The SMILES string of the molecule is C[C@H](C#CC(N)=O)[C@H]1CC[C@H]2[C@@H]3CCC4CCCC[C@]4(C)[C@H]3CC[C@]12C. The lowest BCUT2D eigenvalue weighted by molar-refractivity contribution is -0.113. The second kappa shape index (κ2) is 6.57. The average molecular weight is 356 g/mol. The van der Waals surface area contributed by atoms with Crippen LogP contribution < -0.4 is 5.73 Å². The molecule has 4 fully saturated rings. The van der Waals surface area contributed by atoms with E-state index >= 15 is 0 Å². The number of carbonyl (C=O) groups is 1. The molecule has 0 spiro atoms. The molecule has 2 N–H and O–H groups in total. The van der Waals surface area contributed by atoms with Gasteiger partial charge in [-0.1, -0.05) is 39.5 Å². The molecule has 2 heteroatoms. The predicted molar refractivity (Wildman–Crippen MR) is 106 cm³/mol. The quantitative estimate of drug-likeness (QED) is 0.649. The van der Waals surface area contributed by atoms with Gasteiger partial charge in [-0.25, -0.2) is 0 Å². The number of carbonyl (C=O) groups excluding carboxylic acids is 1. The summed E-state index contributed by atoms with van der Waals surface area (Å²) in [7, 11) is 0. The van der Waals surface area contributed by atoms with E-state index in [-0.39, 0.29) is 5.92 Å². The van der Waals surface area contributed by atoms with Crippen molar-refractivity contribution in [3.05, 3.63) is 0 Å². The van der Waals surface area contributed by atoms with Crippen molar-refractivity contribution in [1.82, 2.24) is 0 Å². The van der Waals surface area contributed by atoms with Crippen LogP contribution in [-0.4, -0.2) is 5.91 Å². The Kier molecular flexibility index (Phi) is 4.65. The lowest BCUT2D eigenvalue weighted by atomic mass is 9.44. The number of primary amides is 1. The minimum absolute atomic E-state index is 0.288. The molecule has 1 unspecified atom stereocenters. The minimum atomic E-state index is -0.483. The first-order valence-corrected chi connectivity index (χ1v) is 11.2. The van der Waals surface area contributed by atoms with Crippen molar-refractivity contribution in [3.63, 3.8) is 0 Å². The van der Waals surface area contributed by atoms with Crippen LogP contribution in [-0.2, 0) is 4.79 Å². The molecule has 1 amide bonds. The van der Waals surface area contributed by atoms with Crippen LogP contribution in [0.25, 0.3) is 0 Å². The Morgan fingerprint density at radius 3 is 2.50 bits per heavy atom. The summed E-state index contributed by atoms with van der Waals surface area (Å²) in [6.07, 6.45) is 14.3. The summed E-state index contributed by atoms with van der Waals surface area (Å²) in [5, 5.41) is 0. The maximum atomic E-state index is 11.1. The molecule has 4 aliphatic carbocycles. The van der Waals surface area contributed by atoms with Gasteiger partial charge in [-0.15, -0.1) is 0 Å². The van der Waals surface area contributed by atoms with Gasteiger partial charge in [0.2, 0.25) is 0 Å². The smallest absolute Gasteiger partial charge is 0.293 e. The zero-order valence-corrected chi connectivity index (χ0v) is 17.0. The second-order valence-corrected chi connectivity index (χ2v) is 10.6. The lowest BCUT2D eigenvalue weighted by Gasteiger charge is -2.60. The molecule has 0 aliphatic heterocycles. The summed E-state index contributed by atoms with van der Waals surface area (Å²) in [6.45, 7) is 7.44. The maximum Gasteiger partial charge on any atom is 0.293 e. The number of rotatable bonds is 1. The van der Waals surface area contributed by atoms with Gasteiger partial charge in [0.1, 0.15) is 0 Å². The van der Waals surface area contributed by atoms with Crippen molar-refractivity contribution in [3.8, 4) is 11.8 Å². The van der Waals surface area contributed by atoms with Gasteiger partial charge in [0.15, 0.2) is 0 Å². The first-order chi connectivity index (χ1) is 12.4. The van der Waals surface area contributed by atoms with E-state index in [1.165, 1.54) is 64.2 Å². The standard InChI is InChI=1S/C24H37NO/c1-16(7-12-22(25)26)19-10-11-20-18-9-8-17-6-4-5-14-23(17,2)21(18)13-15-24(19,20)3/h16-21H,4-6,8-11,13-15H2,1-3H3,(H2,25,26)/t16-,17?,18+,19-,20+,21+,23+,24-/m1/s1. The molecular weight excluding hydrogens is 318 g/mol. The first kappa shape index (κ1) is 18.4. The maximum absolute atomic E-state index is 11.1. The minimum Gasteiger partial charge on any atom is -0.359 e. The molecule has 4 aliphatic rings. The average Bonchev–Trinajstić information content (AvgIpc) is 2.96. The highest BCUT2D eigenvalue weighted by Gasteiger charge is 2.60. The third kappa shape index (κ3) is 2.73. The largest absolute Gasteiger partial charge is 0.359 e. The van der Waals surface area contributed by atoms with Crippen molar-refractivity contribution in [2.75, 3.05) is 0 Å². The number of amides is 1. The summed E-state index contributed by atoms with van der Waals surface area (Å²) in [6, 6.07) is 0. The first-order valence-electron chi connectivity index (χ1n) is 11.2. The van der Waals surface area contributed by atoms with Crippen molar-refractivity contribution >= 4 is 5.91 Å². The van der Waals surface area contributed by atoms with Crippen LogP contribution in [0.1, 0.15) is 85.0 Å². The van der Waals surface area contributed by atoms with Crippen LogP contribution in [0, 0.1) is 58.2 Å². The fraction of sp³-hybridized carbons (Fsp3) is 0.875. The van der Waals surface area contributed by atoms with Gasteiger partial charge in [0.25, 0.3) is 5.91 Å². The Hall–Kier alpha value is -0.970. The topological polar surface area (TPSA) is 43.1 Å². The molecule has 0 aromatic heterocycles. The molecule has 4 saturated carbocycles. The molecule has 26 heavy (non-hydrogen) atoms. The van der Waals surface area contributed by atoms with Gasteiger partial charge in [-0.2, -0.15) is 0 Å². The Morgan fingerprint density at radius 1 is 0.962 bits per heavy atom. The lowest BCUT2D eigenvalue weighted by Crippen LogP contribution is -2.53. The molecule has 144 valence electrons. The van der Waals surface area contributed by atoms with Gasteiger partial charge in [0.05, 0.1) is 0 Å². The van der Waals surface area contributed by atoms with Gasteiger partial charge < -0.3 is 5.73 Å². The third-order valence-corrected chi connectivity index (χ3v) is 9.68. The van der Waals surface area contributed by atoms with Crippen LogP contribution in [0.2, 0.25) is 0 Å². The highest BCUT2D eigenvalue weighted by Crippen LogP contribution is 2.68. The monoisotopic (exact) mass is 355 g/mol. The van der Waals surface area contributed by atoms with Crippen molar-refractivity contribution in [2.45, 2.75) is 85.0 Å². The number of fused-ring (bicyclic) bond motifs is 5. The number of nitrogens with two attached hydrogens (primary N) is 1. The molecule has 8 atom stereocenters. The summed E-state index contributed by atoms with van der Waals surface area (Å²) in [4.78, 5) is 11.1. The molecule has 0 aromatic rings. The van der Waals surface area contributed by atoms with E-state index in [0.717, 1.165) is 23.7 Å². The predicted octanol–water partition coefficient (Wildman–Crippen LogP) is 5.16. The van der Waals surface area contributed by atoms with Gasteiger partial charge in [-0.3, -0.25) is 4.79 Å². The molecule has 0 heterocycles. The summed E-state index contributed by atoms with van der Waals surface area (Å²) in [5.41, 5.74) is 6.30. The van der Waals surface area contributed by atoms with Crippen LogP contribution >= 0.6 is 0 Å². The van der Waals surface area contributed by atoms with E-state index in [4.69, 9.17) is 5.73 Å². The fourth-order valence-electron chi connectivity index (χ4n) is 8.44. The van der Waals surface area contributed by atoms with Crippen LogP contribution in [0.15, 0.2) is 0 Å². The van der Waals surface area contributed by atoms with Crippen molar-refractivity contribution in [1.29, 1.82) is 0 Å². The summed E-state index contributed by atoms with van der Waals surface area (Å²) < 4.78 is 0. The number of hydrogen-bond acceptors (Lipinski definition) is 1. The van der Waals surface area contributed by atoms with Crippen LogP contribution in [0.5, 0.6) is 0 Å². The fourth-order valence-corrected chi connectivity index (χ4v) is 8.44. The van der Waals surface area contributed by atoms with E-state index in [1.54, 1.807) is 0 Å². The Balaban J connectivity index is 1.57. The summed E-state index contributed by atoms with van der Waals surface area (Å²) >= 11 is 0. The van der Waals surface area contributed by atoms with E-state index in [0.29, 0.717) is 16.7 Å². The third-order valence-electron chi connectivity index (χ3n) is 9.68. The molecule has 0 bridgehead atoms. The zero-order chi connectivity index (χ0) is 18.5. The molecule has 0 aromatic carbocycles.